The van der Waals surface area contributed by atoms with Crippen LogP contribution in [-0.2, 0) is 4.74 Å². The van der Waals surface area contributed by atoms with Gasteiger partial charge in [0.2, 0.25) is 0 Å². The molecule has 0 saturated carbocycles. The fourth-order valence-electron chi connectivity index (χ4n) is 2.94. The highest BCUT2D eigenvalue weighted by atomic mass is 16.5. The van der Waals surface area contributed by atoms with Gasteiger partial charge in [-0.2, -0.15) is 0 Å². The maximum Gasteiger partial charge on any atom is 0.340 e. The minimum Gasteiger partial charge on any atom is -0.496 e. The third kappa shape index (κ3) is 2.06. The minimum absolute atomic E-state index is 0.407. The molecule has 3 aromatic carbocycles. The average Bonchev–Trinajstić information content (AvgIpc) is 2.64. The molecule has 0 N–H and O–H groups in total. The van der Waals surface area contributed by atoms with Crippen molar-refractivity contribution in [3.05, 3.63) is 54.1 Å². The summed E-state index contributed by atoms with van der Waals surface area (Å²) in [4.78, 5) is 21.4. The van der Waals surface area contributed by atoms with Gasteiger partial charge in [0.15, 0.2) is 0 Å². The molecule has 0 atom stereocenters. The number of carbonyl (C=O) groups excluding carboxylic acids is 1. The number of methoxy groups -OCH3 is 2. The fourth-order valence-corrected chi connectivity index (χ4v) is 2.94. The van der Waals surface area contributed by atoms with Gasteiger partial charge in [0.1, 0.15) is 11.3 Å². The van der Waals surface area contributed by atoms with E-state index in [4.69, 9.17) is 14.5 Å². The lowest BCUT2D eigenvalue weighted by Gasteiger charge is -2.09. The quantitative estimate of drug-likeness (QED) is 0.320. The van der Waals surface area contributed by atoms with E-state index < -0.39 is 5.97 Å². The Labute approximate surface area is 137 Å². The molecule has 4 rings (SSSR count). The Bertz CT molecular complexity index is 1110. The number of aromatic nitrogens is 2. The average molecular weight is 318 g/mol. The van der Waals surface area contributed by atoms with Crippen molar-refractivity contribution >= 4 is 38.8 Å². The van der Waals surface area contributed by atoms with Gasteiger partial charge >= 0.3 is 5.97 Å². The van der Waals surface area contributed by atoms with Gasteiger partial charge in [0.25, 0.3) is 0 Å². The first-order valence-corrected chi connectivity index (χ1v) is 7.47. The topological polar surface area (TPSA) is 61.3 Å². The number of fused-ring (bicyclic) bond motifs is 4. The van der Waals surface area contributed by atoms with Crippen molar-refractivity contribution < 1.29 is 14.3 Å². The Morgan fingerprint density at radius 2 is 1.62 bits per heavy atom. The smallest absolute Gasteiger partial charge is 0.340 e. The molecule has 5 nitrogen and oxygen atoms in total. The molecule has 0 aliphatic heterocycles. The predicted octanol–water partition coefficient (Wildman–Crippen LogP) is 3.73. The van der Waals surface area contributed by atoms with E-state index >= 15 is 0 Å². The minimum atomic E-state index is -0.424. The molecule has 0 spiro atoms. The molecule has 0 aliphatic rings. The number of hydrogen-bond acceptors (Lipinski definition) is 5. The zero-order chi connectivity index (χ0) is 16.7. The number of ether oxygens (including phenoxy) is 2. The van der Waals surface area contributed by atoms with Crippen LogP contribution in [0.4, 0.5) is 0 Å². The summed E-state index contributed by atoms with van der Waals surface area (Å²) in [6.07, 6.45) is 0. The second-order valence-corrected chi connectivity index (χ2v) is 5.38. The second-order valence-electron chi connectivity index (χ2n) is 5.38. The summed E-state index contributed by atoms with van der Waals surface area (Å²) in [5, 5.41) is 1.89. The van der Waals surface area contributed by atoms with Gasteiger partial charge in [0, 0.05) is 10.8 Å². The summed E-state index contributed by atoms with van der Waals surface area (Å²) in [7, 11) is 3.00. The van der Waals surface area contributed by atoms with Crippen molar-refractivity contribution in [1.82, 2.24) is 9.97 Å². The van der Waals surface area contributed by atoms with Crippen molar-refractivity contribution in [2.24, 2.45) is 0 Å². The molecule has 1 aromatic heterocycles. The summed E-state index contributed by atoms with van der Waals surface area (Å²) in [5.41, 5.74) is 3.10. The van der Waals surface area contributed by atoms with Crippen LogP contribution in [0.15, 0.2) is 48.5 Å². The highest BCUT2D eigenvalue weighted by molar-refractivity contribution is 6.10. The monoisotopic (exact) mass is 318 g/mol. The Kier molecular flexibility index (Phi) is 3.27. The van der Waals surface area contributed by atoms with Gasteiger partial charge in [-0.25, -0.2) is 14.8 Å². The number of hydrogen-bond donors (Lipinski definition) is 0. The van der Waals surface area contributed by atoms with Crippen LogP contribution in [-0.4, -0.2) is 30.2 Å². The van der Waals surface area contributed by atoms with Crippen LogP contribution in [0.1, 0.15) is 10.4 Å². The highest BCUT2D eigenvalue weighted by Crippen LogP contribution is 2.31. The van der Waals surface area contributed by atoms with Gasteiger partial charge in [-0.1, -0.05) is 18.2 Å². The number of para-hydroxylation sites is 1. The van der Waals surface area contributed by atoms with E-state index in [0.29, 0.717) is 16.6 Å². The van der Waals surface area contributed by atoms with Crippen molar-refractivity contribution in [2.75, 3.05) is 14.2 Å². The number of benzene rings is 3. The lowest BCUT2D eigenvalue weighted by molar-refractivity contribution is 0.0603. The molecular weight excluding hydrogens is 304 g/mol. The van der Waals surface area contributed by atoms with Gasteiger partial charge < -0.3 is 9.47 Å². The van der Waals surface area contributed by atoms with Crippen LogP contribution in [0, 0.1) is 0 Å². The van der Waals surface area contributed by atoms with Gasteiger partial charge in [-0.15, -0.1) is 0 Å². The normalized spacial score (nSPS) is 11.1. The Balaban J connectivity index is 2.15. The van der Waals surface area contributed by atoms with Crippen LogP contribution in [0.5, 0.6) is 5.75 Å². The molecule has 1 heterocycles. The lowest BCUT2D eigenvalue weighted by atomic mass is 10.1. The Morgan fingerprint density at radius 1 is 0.833 bits per heavy atom. The third-order valence-corrected chi connectivity index (χ3v) is 4.08. The molecule has 0 radical (unpaired) electrons. The zero-order valence-electron chi connectivity index (χ0n) is 13.2. The van der Waals surface area contributed by atoms with E-state index in [2.05, 4.69) is 4.98 Å². The van der Waals surface area contributed by atoms with Gasteiger partial charge in [0.05, 0.1) is 36.3 Å². The molecule has 0 aliphatic carbocycles. The van der Waals surface area contributed by atoms with Crippen molar-refractivity contribution in [2.45, 2.75) is 0 Å². The summed E-state index contributed by atoms with van der Waals surface area (Å²) < 4.78 is 10.3. The molecule has 0 amide bonds. The van der Waals surface area contributed by atoms with E-state index in [-0.39, 0.29) is 0 Å². The van der Waals surface area contributed by atoms with Crippen molar-refractivity contribution in [3.8, 4) is 5.75 Å². The van der Waals surface area contributed by atoms with E-state index in [0.717, 1.165) is 27.6 Å². The molecular formula is C19H14N2O3. The molecule has 5 heteroatoms. The molecule has 4 aromatic rings. The number of nitrogens with zero attached hydrogens (tertiary/aromatic N) is 2. The highest BCUT2D eigenvalue weighted by Gasteiger charge is 2.14. The first-order valence-electron chi connectivity index (χ1n) is 7.47. The van der Waals surface area contributed by atoms with Gasteiger partial charge in [-0.05, 0) is 30.3 Å². The molecule has 0 saturated heterocycles. The van der Waals surface area contributed by atoms with Crippen LogP contribution < -0.4 is 4.74 Å². The van der Waals surface area contributed by atoms with Gasteiger partial charge in [-0.3, -0.25) is 0 Å². The molecule has 0 fully saturated rings. The van der Waals surface area contributed by atoms with E-state index in [1.807, 2.05) is 36.4 Å². The second kappa shape index (κ2) is 5.45. The summed E-state index contributed by atoms with van der Waals surface area (Å²) >= 11 is 0. The summed E-state index contributed by atoms with van der Waals surface area (Å²) in [5.74, 6) is 0.351. The Hall–Kier alpha value is -3.21. The van der Waals surface area contributed by atoms with E-state index in [9.17, 15) is 4.79 Å². The van der Waals surface area contributed by atoms with Crippen molar-refractivity contribution in [1.29, 1.82) is 0 Å². The molecule has 0 unspecified atom stereocenters. The van der Waals surface area contributed by atoms with Crippen LogP contribution in [0.25, 0.3) is 32.8 Å². The first-order chi connectivity index (χ1) is 11.7. The fraction of sp³-hybridized carbons (Fsp3) is 0.105. The third-order valence-electron chi connectivity index (χ3n) is 4.08. The maximum atomic E-state index is 12.0. The van der Waals surface area contributed by atoms with E-state index in [1.165, 1.54) is 7.11 Å². The first kappa shape index (κ1) is 14.4. The standard InChI is InChI=1S/C19H14N2O3/c1-23-16-8-4-5-12-11(16)9-10-15-17(12)21-18-13(19(22)24-2)6-3-7-14(18)20-15/h3-10H,1-2H3. The van der Waals surface area contributed by atoms with Crippen molar-refractivity contribution in [3.63, 3.8) is 0 Å². The largest absolute Gasteiger partial charge is 0.496 e. The lowest BCUT2D eigenvalue weighted by Crippen LogP contribution is -2.03. The summed E-state index contributed by atoms with van der Waals surface area (Å²) in [6.45, 7) is 0. The van der Waals surface area contributed by atoms with Crippen LogP contribution >= 0.6 is 0 Å². The predicted molar refractivity (Wildman–Crippen MR) is 92.4 cm³/mol. The van der Waals surface area contributed by atoms with E-state index in [1.54, 1.807) is 19.2 Å². The summed E-state index contributed by atoms with van der Waals surface area (Å²) in [6, 6.07) is 15.0. The molecule has 118 valence electrons. The number of rotatable bonds is 2. The Morgan fingerprint density at radius 3 is 2.42 bits per heavy atom. The molecule has 24 heavy (non-hydrogen) atoms. The van der Waals surface area contributed by atoms with Crippen LogP contribution in [0.3, 0.4) is 0 Å². The van der Waals surface area contributed by atoms with Crippen LogP contribution in [0.2, 0.25) is 0 Å². The SMILES string of the molecule is COC(=O)c1cccc2nc3ccc4c(OC)cccc4c3nc12. The number of carbonyl (C=O) groups is 1. The maximum absolute atomic E-state index is 12.0. The number of esters is 1. The molecule has 0 bridgehead atoms. The zero-order valence-corrected chi connectivity index (χ0v) is 13.2.